The van der Waals surface area contributed by atoms with Gasteiger partial charge in [-0.3, -0.25) is 9.78 Å². The minimum atomic E-state index is -0.365. The molecule has 3 heterocycles. The van der Waals surface area contributed by atoms with Crippen LogP contribution in [0.5, 0.6) is 5.75 Å². The zero-order valence-electron chi connectivity index (χ0n) is 17.8. The minimum Gasteiger partial charge on any atom is -0.492 e. The van der Waals surface area contributed by atoms with Gasteiger partial charge in [0, 0.05) is 26.1 Å². The second kappa shape index (κ2) is 11.7. The van der Waals surface area contributed by atoms with Crippen molar-refractivity contribution in [3.8, 4) is 16.3 Å². The van der Waals surface area contributed by atoms with E-state index in [9.17, 15) is 4.79 Å². The number of nitrogens with zero attached hydrogens (tertiary/aromatic N) is 1. The van der Waals surface area contributed by atoms with E-state index in [-0.39, 0.29) is 12.2 Å². The number of benzene rings is 1. The van der Waals surface area contributed by atoms with E-state index in [0.29, 0.717) is 24.6 Å². The average molecular weight is 454 g/mol. The third kappa shape index (κ3) is 6.61. The van der Waals surface area contributed by atoms with Gasteiger partial charge in [-0.15, -0.1) is 11.3 Å². The lowest BCUT2D eigenvalue weighted by Crippen LogP contribution is -2.32. The Balaban J connectivity index is 1.24. The first-order valence-corrected chi connectivity index (χ1v) is 11.6. The van der Waals surface area contributed by atoms with E-state index in [4.69, 9.17) is 19.3 Å². The Kier molecular flexibility index (Phi) is 8.22. The normalized spacial score (nSPS) is 15.9. The highest BCUT2D eigenvalue weighted by Crippen LogP contribution is 2.27. The third-order valence-electron chi connectivity index (χ3n) is 4.91. The lowest BCUT2D eigenvalue weighted by atomic mass is 10.2. The highest BCUT2D eigenvalue weighted by Gasteiger charge is 2.17. The van der Waals surface area contributed by atoms with Crippen LogP contribution in [-0.2, 0) is 16.1 Å². The molecule has 0 radical (unpaired) electrons. The van der Waals surface area contributed by atoms with Crippen molar-refractivity contribution in [3.63, 3.8) is 0 Å². The quantitative estimate of drug-likeness (QED) is 0.354. The average Bonchev–Trinajstić information content (AvgIpc) is 3.34. The fourth-order valence-corrected chi connectivity index (χ4v) is 4.12. The Morgan fingerprint density at radius 2 is 2.00 bits per heavy atom. The molecule has 168 valence electrons. The van der Waals surface area contributed by atoms with Crippen LogP contribution in [0, 0.1) is 0 Å². The Morgan fingerprint density at radius 1 is 1.09 bits per heavy atom. The molecule has 1 amide bonds. The largest absolute Gasteiger partial charge is 0.492 e. The van der Waals surface area contributed by atoms with E-state index < -0.39 is 0 Å². The van der Waals surface area contributed by atoms with Crippen molar-refractivity contribution in [2.75, 3.05) is 19.8 Å². The predicted octanol–water partition coefficient (Wildman–Crippen LogP) is 4.17. The van der Waals surface area contributed by atoms with Gasteiger partial charge in [0.1, 0.15) is 12.4 Å². The van der Waals surface area contributed by atoms with Crippen LogP contribution in [-0.4, -0.2) is 36.9 Å². The van der Waals surface area contributed by atoms with E-state index in [0.717, 1.165) is 47.8 Å². The van der Waals surface area contributed by atoms with Gasteiger partial charge in [0.15, 0.2) is 6.29 Å². The number of hydroxylamine groups is 1. The highest BCUT2D eigenvalue weighted by atomic mass is 32.1. The molecule has 8 heteroatoms. The number of nitrogens with one attached hydrogen (secondary N) is 2. The summed E-state index contributed by atoms with van der Waals surface area (Å²) in [6.07, 6.45) is 2.50. The summed E-state index contributed by atoms with van der Waals surface area (Å²) in [6, 6.07) is 19.3. The number of amides is 1. The summed E-state index contributed by atoms with van der Waals surface area (Å²) < 4.78 is 11.1. The molecule has 0 spiro atoms. The van der Waals surface area contributed by atoms with Crippen LogP contribution in [0.15, 0.2) is 60.7 Å². The van der Waals surface area contributed by atoms with Crippen LogP contribution in [0.3, 0.4) is 0 Å². The van der Waals surface area contributed by atoms with Crippen LogP contribution in [0.1, 0.15) is 34.6 Å². The van der Waals surface area contributed by atoms with E-state index in [2.05, 4.69) is 10.8 Å². The molecule has 0 bridgehead atoms. The number of hydrogen-bond donors (Lipinski definition) is 2. The second-order valence-corrected chi connectivity index (χ2v) is 8.45. The summed E-state index contributed by atoms with van der Waals surface area (Å²) in [5.74, 6) is 0.593. The van der Waals surface area contributed by atoms with E-state index in [1.54, 1.807) is 6.07 Å². The van der Waals surface area contributed by atoms with Crippen LogP contribution in [0.4, 0.5) is 0 Å². The second-order valence-electron chi connectivity index (χ2n) is 7.36. The minimum absolute atomic E-state index is 0.272. The van der Waals surface area contributed by atoms with Crippen molar-refractivity contribution in [3.05, 3.63) is 71.2 Å². The molecule has 1 aliphatic rings. The van der Waals surface area contributed by atoms with Gasteiger partial charge in [-0.1, -0.05) is 24.3 Å². The van der Waals surface area contributed by atoms with Crippen molar-refractivity contribution >= 4 is 17.2 Å². The molecule has 1 unspecified atom stereocenters. The standard InChI is InChI=1S/C24H27N3O4S/c28-24(27-31-23-11-4-5-15-30-23)22-13-12-21(32-22)20-10-6-7-18(26-20)17-25-14-16-29-19-8-2-1-3-9-19/h1-3,6-10,12-13,23,25H,4-5,11,14-17H2,(H,27,28). The maximum absolute atomic E-state index is 12.4. The smallest absolute Gasteiger partial charge is 0.285 e. The van der Waals surface area contributed by atoms with E-state index in [1.807, 2.05) is 54.6 Å². The summed E-state index contributed by atoms with van der Waals surface area (Å²) in [6.45, 7) is 2.61. The first kappa shape index (κ1) is 22.4. The highest BCUT2D eigenvalue weighted by molar-refractivity contribution is 7.17. The number of aromatic nitrogens is 1. The van der Waals surface area contributed by atoms with Gasteiger partial charge >= 0.3 is 0 Å². The fraction of sp³-hybridized carbons (Fsp3) is 0.333. The molecule has 7 nitrogen and oxygen atoms in total. The number of thiophene rings is 1. The van der Waals surface area contributed by atoms with Gasteiger partial charge in [0.05, 0.1) is 21.1 Å². The summed E-state index contributed by atoms with van der Waals surface area (Å²) in [5, 5.41) is 3.35. The molecule has 3 aromatic rings. The van der Waals surface area contributed by atoms with Crippen molar-refractivity contribution in [1.82, 2.24) is 15.8 Å². The first-order chi connectivity index (χ1) is 15.8. The molecule has 1 aromatic carbocycles. The number of para-hydroxylation sites is 1. The molecular weight excluding hydrogens is 426 g/mol. The molecule has 32 heavy (non-hydrogen) atoms. The molecule has 1 saturated heterocycles. The predicted molar refractivity (Wildman–Crippen MR) is 123 cm³/mol. The number of pyridine rings is 1. The lowest BCUT2D eigenvalue weighted by molar-refractivity contribution is -0.186. The maximum atomic E-state index is 12.4. The molecule has 1 aliphatic heterocycles. The molecule has 4 rings (SSSR count). The lowest BCUT2D eigenvalue weighted by Gasteiger charge is -2.21. The SMILES string of the molecule is O=C(NOC1CCCCO1)c1ccc(-c2cccc(CNCCOc3ccccc3)n2)s1. The van der Waals surface area contributed by atoms with Gasteiger partial charge in [-0.05, 0) is 49.2 Å². The Bertz CT molecular complexity index is 990. The van der Waals surface area contributed by atoms with Gasteiger partial charge in [0.2, 0.25) is 0 Å². The van der Waals surface area contributed by atoms with E-state index in [1.165, 1.54) is 11.3 Å². The van der Waals surface area contributed by atoms with E-state index >= 15 is 0 Å². The Morgan fingerprint density at radius 3 is 2.84 bits per heavy atom. The number of rotatable bonds is 10. The molecule has 1 atom stereocenters. The van der Waals surface area contributed by atoms with Gasteiger partial charge in [-0.2, -0.15) is 0 Å². The van der Waals surface area contributed by atoms with Crippen LogP contribution in [0.2, 0.25) is 0 Å². The number of carbonyl (C=O) groups is 1. The number of hydrogen-bond acceptors (Lipinski definition) is 7. The van der Waals surface area contributed by atoms with Crippen molar-refractivity contribution in [2.45, 2.75) is 32.1 Å². The number of ether oxygens (including phenoxy) is 2. The fourth-order valence-electron chi connectivity index (χ4n) is 3.26. The summed E-state index contributed by atoms with van der Waals surface area (Å²) in [5.41, 5.74) is 4.27. The van der Waals surface area contributed by atoms with Crippen molar-refractivity contribution < 1.29 is 19.1 Å². The maximum Gasteiger partial charge on any atom is 0.285 e. The molecular formula is C24H27N3O4S. The van der Waals surface area contributed by atoms with Crippen LogP contribution >= 0.6 is 11.3 Å². The Hall–Kier alpha value is -2.78. The topological polar surface area (TPSA) is 81.7 Å². The molecule has 2 aromatic heterocycles. The van der Waals surface area contributed by atoms with Gasteiger partial charge in [0.25, 0.3) is 5.91 Å². The van der Waals surface area contributed by atoms with Gasteiger partial charge < -0.3 is 14.8 Å². The van der Waals surface area contributed by atoms with Crippen LogP contribution < -0.4 is 15.5 Å². The molecule has 0 aliphatic carbocycles. The first-order valence-electron chi connectivity index (χ1n) is 10.8. The molecule has 0 saturated carbocycles. The van der Waals surface area contributed by atoms with Crippen molar-refractivity contribution in [1.29, 1.82) is 0 Å². The zero-order chi connectivity index (χ0) is 22.0. The monoisotopic (exact) mass is 453 g/mol. The summed E-state index contributed by atoms with van der Waals surface area (Å²) in [7, 11) is 0. The van der Waals surface area contributed by atoms with Crippen molar-refractivity contribution in [2.24, 2.45) is 0 Å². The summed E-state index contributed by atoms with van der Waals surface area (Å²) in [4.78, 5) is 24.0. The molecule has 2 N–H and O–H groups in total. The summed E-state index contributed by atoms with van der Waals surface area (Å²) >= 11 is 1.38. The zero-order valence-corrected chi connectivity index (χ0v) is 18.6. The van der Waals surface area contributed by atoms with Gasteiger partial charge in [-0.25, -0.2) is 10.3 Å². The third-order valence-corrected chi connectivity index (χ3v) is 6.01. The number of carbonyl (C=O) groups excluding carboxylic acids is 1. The Labute approximate surface area is 191 Å². The molecule has 1 fully saturated rings. The van der Waals surface area contributed by atoms with Crippen LogP contribution in [0.25, 0.3) is 10.6 Å².